The first-order valence-corrected chi connectivity index (χ1v) is 27.1. The molecule has 0 bridgehead atoms. The molecule has 0 aromatic rings. The van der Waals surface area contributed by atoms with Crippen LogP contribution in [0.3, 0.4) is 0 Å². The fourth-order valence-corrected chi connectivity index (χ4v) is 6.65. The number of aliphatic hydroxyl groups excluding tert-OH is 15. The van der Waals surface area contributed by atoms with Gasteiger partial charge in [0.05, 0.1) is 203 Å². The van der Waals surface area contributed by atoms with Crippen LogP contribution in [0.1, 0.15) is 13.3 Å². The Labute approximate surface area is 473 Å². The maximum absolute atomic E-state index is 13.5. The van der Waals surface area contributed by atoms with Gasteiger partial charge in [-0.05, 0) is 6.92 Å². The van der Waals surface area contributed by atoms with Gasteiger partial charge in [-0.2, -0.15) is 0 Å². The number of hydrogen-bond donors (Lipinski definition) is 17. The summed E-state index contributed by atoms with van der Waals surface area (Å²) in [5, 5.41) is 156. The van der Waals surface area contributed by atoms with E-state index in [1.54, 1.807) is 0 Å². The topological polar surface area (TPSA) is 476 Å². The van der Waals surface area contributed by atoms with Crippen molar-refractivity contribution < 1.29 is 143 Å². The summed E-state index contributed by atoms with van der Waals surface area (Å²) in [5.41, 5.74) is 0. The van der Waals surface area contributed by atoms with Crippen LogP contribution in [0.25, 0.3) is 0 Å². The molecule has 0 spiro atoms. The molecular formula is C49H99N3O29. The lowest BCUT2D eigenvalue weighted by atomic mass is 10.0. The molecule has 0 saturated carbocycles. The molecule has 0 aliphatic carbocycles. The minimum Gasteiger partial charge on any atom is -0.394 e. The number of nitrogens with zero attached hydrogens (tertiary/aromatic N) is 1. The second kappa shape index (κ2) is 53.5. The highest BCUT2D eigenvalue weighted by molar-refractivity contribution is 5.82. The highest BCUT2D eigenvalue weighted by atomic mass is 16.6. The Kier molecular flexibility index (Phi) is 52.1. The van der Waals surface area contributed by atoms with Gasteiger partial charge in [-0.3, -0.25) is 14.5 Å². The Bertz CT molecular complexity index is 1400. The lowest BCUT2D eigenvalue weighted by molar-refractivity contribution is -0.133. The average Bonchev–Trinajstić information content (AvgIpc) is 3.46. The van der Waals surface area contributed by atoms with Gasteiger partial charge in [0.1, 0.15) is 60.7 Å². The van der Waals surface area contributed by atoms with Crippen molar-refractivity contribution >= 4 is 11.7 Å². The SMILES string of the molecule is CC(=O)CCOCCOCCOCCOCCOCCOCCOCCOCCOCCOCCOCCOCCNC(=O)C(CN(C[C@@H](O)[C@H](O)[C@@H](O)[C@@H](O)CO)C[C@@H](O)[C@H](O)[C@@H](O)[C@@H](O)CO)NC[C@H](O)[C@@H](O)[C@H](O)[C@H](O)CO. The molecule has 0 aliphatic rings. The van der Waals surface area contributed by atoms with Crippen molar-refractivity contribution in [2.75, 3.05) is 211 Å². The van der Waals surface area contributed by atoms with Crippen LogP contribution < -0.4 is 10.6 Å². The van der Waals surface area contributed by atoms with Gasteiger partial charge in [-0.1, -0.05) is 0 Å². The predicted octanol–water partition coefficient (Wildman–Crippen LogP) is -10.2. The van der Waals surface area contributed by atoms with E-state index in [1.165, 1.54) is 6.92 Å². The van der Waals surface area contributed by atoms with E-state index in [0.29, 0.717) is 132 Å². The largest absolute Gasteiger partial charge is 0.394 e. The summed E-state index contributed by atoms with van der Waals surface area (Å²) in [6.07, 6.45) is -23.6. The summed E-state index contributed by atoms with van der Waals surface area (Å²) in [6.45, 7) is 4.33. The molecule has 0 aromatic carbocycles. The van der Waals surface area contributed by atoms with Crippen LogP contribution in [0.4, 0.5) is 0 Å². The number of nitrogens with one attached hydrogen (secondary N) is 2. The number of carbonyl (C=O) groups is 2. The third-order valence-corrected chi connectivity index (χ3v) is 11.4. The van der Waals surface area contributed by atoms with E-state index in [9.17, 15) is 81.1 Å². The number of carbonyl (C=O) groups excluding carboxylic acids is 2. The van der Waals surface area contributed by atoms with Crippen molar-refractivity contribution in [3.63, 3.8) is 0 Å². The fraction of sp³-hybridized carbons (Fsp3) is 0.959. The van der Waals surface area contributed by atoms with Gasteiger partial charge in [0.25, 0.3) is 0 Å². The summed E-state index contributed by atoms with van der Waals surface area (Å²) in [5.74, 6) is -0.731. The summed E-state index contributed by atoms with van der Waals surface area (Å²) >= 11 is 0. The minimum atomic E-state index is -2.13. The summed E-state index contributed by atoms with van der Waals surface area (Å²) in [7, 11) is 0. The first-order valence-electron chi connectivity index (χ1n) is 27.1. The van der Waals surface area contributed by atoms with E-state index < -0.39 is 131 Å². The van der Waals surface area contributed by atoms with Gasteiger partial charge < -0.3 is 144 Å². The molecule has 1 amide bonds. The van der Waals surface area contributed by atoms with Crippen LogP contribution in [-0.2, 0) is 66.4 Å². The molecule has 1 unspecified atom stereocenters. The Morgan fingerprint density at radius 3 is 0.864 bits per heavy atom. The minimum absolute atomic E-state index is 0.0410. The number of Topliss-reactive ketones (excluding diaryl/α,β-unsaturated/α-hetero) is 1. The Hall–Kier alpha value is -2.02. The van der Waals surface area contributed by atoms with Crippen molar-refractivity contribution in [2.24, 2.45) is 0 Å². The molecule has 0 heterocycles. The highest BCUT2D eigenvalue weighted by Crippen LogP contribution is 2.12. The molecule has 0 rings (SSSR count). The van der Waals surface area contributed by atoms with E-state index in [1.807, 2.05) is 0 Å². The van der Waals surface area contributed by atoms with Gasteiger partial charge in [0.2, 0.25) is 5.91 Å². The fourth-order valence-electron chi connectivity index (χ4n) is 6.65. The maximum atomic E-state index is 13.5. The molecule has 484 valence electrons. The van der Waals surface area contributed by atoms with Crippen LogP contribution in [-0.4, -0.2) is 384 Å². The smallest absolute Gasteiger partial charge is 0.238 e. The van der Waals surface area contributed by atoms with Crippen molar-refractivity contribution in [1.29, 1.82) is 0 Å². The number of hydrogen-bond acceptors (Lipinski definition) is 31. The summed E-state index contributed by atoms with van der Waals surface area (Å²) in [6, 6.07) is -1.48. The third-order valence-electron chi connectivity index (χ3n) is 11.4. The zero-order valence-electron chi connectivity index (χ0n) is 46.7. The quantitative estimate of drug-likeness (QED) is 0.0251. The van der Waals surface area contributed by atoms with E-state index in [0.717, 1.165) is 4.90 Å². The Morgan fingerprint density at radius 1 is 0.346 bits per heavy atom. The first kappa shape index (κ1) is 79.0. The van der Waals surface area contributed by atoms with Gasteiger partial charge in [-0.15, -0.1) is 0 Å². The van der Waals surface area contributed by atoms with Crippen LogP contribution in [0.2, 0.25) is 0 Å². The molecule has 17 N–H and O–H groups in total. The van der Waals surface area contributed by atoms with Crippen molar-refractivity contribution in [1.82, 2.24) is 15.5 Å². The normalized spacial score (nSPS) is 17.0. The van der Waals surface area contributed by atoms with Gasteiger partial charge in [0, 0.05) is 39.1 Å². The highest BCUT2D eigenvalue weighted by Gasteiger charge is 2.36. The van der Waals surface area contributed by atoms with Gasteiger partial charge in [0.15, 0.2) is 0 Å². The molecule has 0 radical (unpaired) electrons. The predicted molar refractivity (Wildman–Crippen MR) is 280 cm³/mol. The molecule has 0 aliphatic heterocycles. The number of rotatable bonds is 61. The molecule has 0 saturated heterocycles. The third kappa shape index (κ3) is 42.4. The molecule has 13 atom stereocenters. The average molecular weight is 1190 g/mol. The van der Waals surface area contributed by atoms with Crippen LogP contribution in [0.5, 0.6) is 0 Å². The van der Waals surface area contributed by atoms with Crippen LogP contribution in [0, 0.1) is 0 Å². The Balaban J connectivity index is 4.40. The molecule has 81 heavy (non-hydrogen) atoms. The Morgan fingerprint density at radius 2 is 0.593 bits per heavy atom. The van der Waals surface area contributed by atoms with Crippen molar-refractivity contribution in [3.05, 3.63) is 0 Å². The zero-order valence-corrected chi connectivity index (χ0v) is 46.7. The van der Waals surface area contributed by atoms with E-state index >= 15 is 0 Å². The van der Waals surface area contributed by atoms with E-state index in [4.69, 9.17) is 61.9 Å². The first-order chi connectivity index (χ1) is 38.9. The summed E-state index contributed by atoms with van der Waals surface area (Å²) < 4.78 is 65.4. The number of aliphatic hydroxyl groups is 15. The standard InChI is InChI=1S/C49H99N3O29/c1-35(56)2-4-70-6-8-72-10-12-74-14-16-76-18-20-78-22-24-80-26-27-81-25-23-79-21-19-77-17-15-75-13-11-73-9-7-71-5-3-50-49(69)36(51-28-37(57)43(63)46(66)40(60)32-53)29-52(30-38(58)44(64)47(67)41(61)33-54)31-39(59)45(65)48(68)42(62)34-55/h36-48,51,53-55,57-68H,2-34H2,1H3,(H,50,69)/t36?,37-,38+,39+,40+,41-,42-,43+,44-,45-,46+,47-,48-/m0/s1. The molecule has 0 aromatic heterocycles. The van der Waals surface area contributed by atoms with Crippen molar-refractivity contribution in [3.8, 4) is 0 Å². The van der Waals surface area contributed by atoms with Crippen LogP contribution >= 0.6 is 0 Å². The monoisotopic (exact) mass is 1190 g/mol. The van der Waals surface area contributed by atoms with E-state index in [-0.39, 0.29) is 45.4 Å². The molecule has 0 fully saturated rings. The lowest BCUT2D eigenvalue weighted by Crippen LogP contribution is -2.58. The van der Waals surface area contributed by atoms with Crippen LogP contribution in [0.15, 0.2) is 0 Å². The van der Waals surface area contributed by atoms with Crippen molar-refractivity contribution in [2.45, 2.75) is 92.6 Å². The lowest BCUT2D eigenvalue weighted by Gasteiger charge is -2.35. The number of ketones is 1. The maximum Gasteiger partial charge on any atom is 0.238 e. The zero-order chi connectivity index (χ0) is 60.5. The van der Waals surface area contributed by atoms with Gasteiger partial charge >= 0.3 is 0 Å². The number of amides is 1. The second-order valence-corrected chi connectivity index (χ2v) is 18.2. The van der Waals surface area contributed by atoms with Gasteiger partial charge in [-0.25, -0.2) is 0 Å². The second-order valence-electron chi connectivity index (χ2n) is 18.2. The molecular weight excluding hydrogens is 1090 g/mol. The molecule has 32 heteroatoms. The molecule has 32 nitrogen and oxygen atoms in total. The van der Waals surface area contributed by atoms with E-state index in [2.05, 4.69) is 10.6 Å². The number of ether oxygens (including phenoxy) is 12. The summed E-state index contributed by atoms with van der Waals surface area (Å²) in [4.78, 5) is 25.4.